The molecule has 0 radical (unpaired) electrons. The van der Waals surface area contributed by atoms with Crippen molar-refractivity contribution in [3.63, 3.8) is 0 Å². The van der Waals surface area contributed by atoms with Crippen molar-refractivity contribution in [1.29, 1.82) is 0 Å². The molecule has 2 aromatic heterocycles. The van der Waals surface area contributed by atoms with Crippen LogP contribution in [0.15, 0.2) is 54.0 Å². The highest BCUT2D eigenvalue weighted by atomic mass is 32.1. The van der Waals surface area contributed by atoms with Gasteiger partial charge in [-0.1, -0.05) is 18.2 Å². The second kappa shape index (κ2) is 9.91. The van der Waals surface area contributed by atoms with Gasteiger partial charge in [0.25, 0.3) is 5.91 Å². The average Bonchev–Trinajstić information content (AvgIpc) is 3.17. The van der Waals surface area contributed by atoms with Crippen molar-refractivity contribution in [3.05, 3.63) is 64.7 Å². The minimum Gasteiger partial charge on any atom is -0.484 e. The molecule has 1 aliphatic heterocycles. The number of para-hydroxylation sites is 1. The molecule has 4 rings (SSSR count). The van der Waals surface area contributed by atoms with Gasteiger partial charge in [0.2, 0.25) is 5.91 Å². The first-order valence-corrected chi connectivity index (χ1v) is 11.5. The van der Waals surface area contributed by atoms with Crippen molar-refractivity contribution < 1.29 is 14.3 Å². The van der Waals surface area contributed by atoms with Crippen LogP contribution in [0.1, 0.15) is 30.1 Å². The molecule has 0 aliphatic carbocycles. The maximum Gasteiger partial charge on any atom is 0.261 e. The predicted octanol–water partition coefficient (Wildman–Crippen LogP) is 3.71. The minimum atomic E-state index is -0.201. The summed E-state index contributed by atoms with van der Waals surface area (Å²) in [6.07, 6.45) is 2.41. The Bertz CT molecular complexity index is 1090. The Morgan fingerprint density at radius 2 is 1.97 bits per heavy atom. The number of thiazole rings is 1. The summed E-state index contributed by atoms with van der Waals surface area (Å²) < 4.78 is 5.71. The SMILES string of the molecule is CC(=O)N1CCC(c2nc(-c3ccnc(C)c3)cs2)N(C(=O)COc2ccccc2)CC1. The van der Waals surface area contributed by atoms with Gasteiger partial charge in [0.05, 0.1) is 11.7 Å². The maximum absolute atomic E-state index is 13.2. The van der Waals surface area contributed by atoms with Gasteiger partial charge in [0.1, 0.15) is 10.8 Å². The minimum absolute atomic E-state index is 0.0191. The highest BCUT2D eigenvalue weighted by molar-refractivity contribution is 7.10. The largest absolute Gasteiger partial charge is 0.484 e. The van der Waals surface area contributed by atoms with Crippen LogP contribution in [0.2, 0.25) is 0 Å². The van der Waals surface area contributed by atoms with Gasteiger partial charge in [-0.25, -0.2) is 4.98 Å². The predicted molar refractivity (Wildman–Crippen MR) is 123 cm³/mol. The number of benzene rings is 1. The Morgan fingerprint density at radius 1 is 1.16 bits per heavy atom. The summed E-state index contributed by atoms with van der Waals surface area (Å²) >= 11 is 1.54. The number of rotatable bonds is 5. The van der Waals surface area contributed by atoms with Gasteiger partial charge >= 0.3 is 0 Å². The summed E-state index contributed by atoms with van der Waals surface area (Å²) in [6, 6.07) is 13.0. The molecule has 2 amide bonds. The number of amides is 2. The molecule has 3 heterocycles. The second-order valence-electron chi connectivity index (χ2n) is 7.76. The molecule has 1 aliphatic rings. The molecule has 3 aromatic rings. The van der Waals surface area contributed by atoms with E-state index in [4.69, 9.17) is 9.72 Å². The number of carbonyl (C=O) groups is 2. The lowest BCUT2D eigenvalue weighted by Gasteiger charge is -2.28. The van der Waals surface area contributed by atoms with Crippen LogP contribution in [0.3, 0.4) is 0 Å². The molecular weight excluding hydrogens is 424 g/mol. The molecule has 166 valence electrons. The van der Waals surface area contributed by atoms with E-state index in [0.717, 1.165) is 22.0 Å². The van der Waals surface area contributed by atoms with Crippen molar-refractivity contribution in [2.75, 3.05) is 26.2 Å². The fourth-order valence-corrected chi connectivity index (χ4v) is 4.80. The van der Waals surface area contributed by atoms with E-state index in [0.29, 0.717) is 31.8 Å². The molecule has 0 spiro atoms. The van der Waals surface area contributed by atoms with E-state index in [1.54, 1.807) is 29.4 Å². The summed E-state index contributed by atoms with van der Waals surface area (Å²) in [6.45, 7) is 5.01. The molecule has 1 saturated heterocycles. The first-order valence-electron chi connectivity index (χ1n) is 10.6. The highest BCUT2D eigenvalue weighted by Crippen LogP contribution is 2.32. The maximum atomic E-state index is 13.2. The van der Waals surface area contributed by atoms with Crippen LogP contribution in [0.25, 0.3) is 11.3 Å². The van der Waals surface area contributed by atoms with E-state index >= 15 is 0 Å². The number of aryl methyl sites for hydroxylation is 1. The van der Waals surface area contributed by atoms with E-state index in [9.17, 15) is 9.59 Å². The number of nitrogens with zero attached hydrogens (tertiary/aromatic N) is 4. The van der Waals surface area contributed by atoms with E-state index in [1.165, 1.54) is 0 Å². The molecular formula is C24H26N4O3S. The number of hydrogen-bond donors (Lipinski definition) is 0. The summed E-state index contributed by atoms with van der Waals surface area (Å²) in [7, 11) is 0. The Balaban J connectivity index is 1.56. The van der Waals surface area contributed by atoms with Crippen LogP contribution < -0.4 is 4.74 Å². The monoisotopic (exact) mass is 450 g/mol. The molecule has 0 N–H and O–H groups in total. The zero-order valence-corrected chi connectivity index (χ0v) is 19.0. The second-order valence-corrected chi connectivity index (χ2v) is 8.65. The molecule has 32 heavy (non-hydrogen) atoms. The molecule has 8 heteroatoms. The molecule has 1 atom stereocenters. The lowest BCUT2D eigenvalue weighted by Crippen LogP contribution is -2.40. The Morgan fingerprint density at radius 3 is 2.72 bits per heavy atom. The van der Waals surface area contributed by atoms with Crippen LogP contribution in [0.5, 0.6) is 5.75 Å². The smallest absolute Gasteiger partial charge is 0.261 e. The van der Waals surface area contributed by atoms with Gasteiger partial charge < -0.3 is 14.5 Å². The Kier molecular flexibility index (Phi) is 6.80. The normalized spacial score (nSPS) is 16.5. The van der Waals surface area contributed by atoms with Crippen molar-refractivity contribution in [2.45, 2.75) is 26.3 Å². The van der Waals surface area contributed by atoms with Gasteiger partial charge in [-0.05, 0) is 37.6 Å². The standard InChI is InChI=1S/C24H26N4O3S/c1-17-14-19(8-10-25-17)21-16-32-24(26-21)22-9-11-27(18(2)29)12-13-28(22)23(30)15-31-20-6-4-3-5-7-20/h3-8,10,14,16,22H,9,11-13,15H2,1-2H3. The third kappa shape index (κ3) is 5.13. The molecule has 1 unspecified atom stereocenters. The lowest BCUT2D eigenvalue weighted by molar-refractivity contribution is -0.136. The van der Waals surface area contributed by atoms with E-state index in [1.807, 2.05) is 59.7 Å². The summed E-state index contributed by atoms with van der Waals surface area (Å²) in [5, 5.41) is 2.88. The number of aromatic nitrogens is 2. The molecule has 0 saturated carbocycles. The number of ether oxygens (including phenoxy) is 1. The van der Waals surface area contributed by atoms with Gasteiger partial charge in [-0.3, -0.25) is 14.6 Å². The molecule has 1 fully saturated rings. The van der Waals surface area contributed by atoms with Gasteiger partial charge in [-0.15, -0.1) is 11.3 Å². The number of hydrogen-bond acceptors (Lipinski definition) is 6. The first-order chi connectivity index (χ1) is 15.5. The third-order valence-corrected chi connectivity index (χ3v) is 6.48. The zero-order chi connectivity index (χ0) is 22.5. The van der Waals surface area contributed by atoms with E-state index in [2.05, 4.69) is 4.98 Å². The van der Waals surface area contributed by atoms with Crippen LogP contribution >= 0.6 is 11.3 Å². The van der Waals surface area contributed by atoms with Gasteiger partial charge in [0.15, 0.2) is 6.61 Å². The quantitative estimate of drug-likeness (QED) is 0.592. The average molecular weight is 451 g/mol. The van der Waals surface area contributed by atoms with Gasteiger partial charge in [-0.2, -0.15) is 0 Å². The molecule has 0 bridgehead atoms. The highest BCUT2D eigenvalue weighted by Gasteiger charge is 2.32. The van der Waals surface area contributed by atoms with Crippen LogP contribution in [0.4, 0.5) is 0 Å². The van der Waals surface area contributed by atoms with E-state index in [-0.39, 0.29) is 24.5 Å². The van der Waals surface area contributed by atoms with E-state index < -0.39 is 0 Å². The van der Waals surface area contributed by atoms with Crippen molar-refractivity contribution in [2.24, 2.45) is 0 Å². The molecule has 7 nitrogen and oxygen atoms in total. The van der Waals surface area contributed by atoms with Crippen LogP contribution in [0, 0.1) is 6.92 Å². The summed E-state index contributed by atoms with van der Waals surface area (Å²) in [5.41, 5.74) is 2.80. The Labute approximate surface area is 191 Å². The first kappa shape index (κ1) is 22.0. The summed E-state index contributed by atoms with van der Waals surface area (Å²) in [5.74, 6) is 0.564. The fourth-order valence-electron chi connectivity index (χ4n) is 3.82. The fraction of sp³-hybridized carbons (Fsp3) is 0.333. The third-order valence-electron chi connectivity index (χ3n) is 5.53. The van der Waals surface area contributed by atoms with Crippen molar-refractivity contribution in [3.8, 4) is 17.0 Å². The summed E-state index contributed by atoms with van der Waals surface area (Å²) in [4.78, 5) is 37.9. The number of carbonyl (C=O) groups excluding carboxylic acids is 2. The molecule has 1 aromatic carbocycles. The number of pyridine rings is 1. The van der Waals surface area contributed by atoms with Crippen molar-refractivity contribution >= 4 is 23.2 Å². The van der Waals surface area contributed by atoms with Crippen molar-refractivity contribution in [1.82, 2.24) is 19.8 Å². The lowest BCUT2D eigenvalue weighted by atomic mass is 10.1. The zero-order valence-electron chi connectivity index (χ0n) is 18.2. The topological polar surface area (TPSA) is 75.6 Å². The van der Waals surface area contributed by atoms with Gasteiger partial charge in [0, 0.05) is 49.4 Å². The van der Waals surface area contributed by atoms with Crippen LogP contribution in [-0.2, 0) is 9.59 Å². The van der Waals surface area contributed by atoms with Crippen LogP contribution in [-0.4, -0.2) is 57.8 Å². The Hall–Kier alpha value is -3.26.